The summed E-state index contributed by atoms with van der Waals surface area (Å²) in [6, 6.07) is 0. The van der Waals surface area contributed by atoms with Crippen LogP contribution in [0, 0.1) is 0 Å². The maximum Gasteiger partial charge on any atom is 0.460 e. The molecule has 0 rings (SSSR count). The van der Waals surface area contributed by atoms with E-state index >= 15 is 0 Å². The second-order valence-corrected chi connectivity index (χ2v) is 13.8. The van der Waals surface area contributed by atoms with Crippen LogP contribution in [0.25, 0.3) is 0 Å². The molecule has 0 aliphatic rings. The van der Waals surface area contributed by atoms with Crippen molar-refractivity contribution >= 4 is 26.1 Å². The maximum absolute atomic E-state index is 14.5. The molecule has 0 fully saturated rings. The fraction of sp³-hybridized carbons (Fsp3) is 0.944. The third-order valence-corrected chi connectivity index (χ3v) is 8.65. The lowest BCUT2D eigenvalue weighted by Gasteiger charge is -2.43. The molecule has 282 valence electrons. The molecule has 0 aliphatic carbocycles. The summed E-state index contributed by atoms with van der Waals surface area (Å²) < 4.78 is 283. The molecule has 10 nitrogen and oxygen atoms in total. The van der Waals surface area contributed by atoms with E-state index in [0.717, 1.165) is 14.1 Å². The van der Waals surface area contributed by atoms with Crippen molar-refractivity contribution in [2.45, 2.75) is 59.5 Å². The number of sulfonamides is 1. The molecule has 0 heterocycles. The van der Waals surface area contributed by atoms with Crippen LogP contribution in [0.1, 0.15) is 6.42 Å². The molecule has 0 spiro atoms. The number of hydrogen-bond acceptors (Lipinski definition) is 6. The highest BCUT2D eigenvalue weighted by Crippen LogP contribution is 2.64. The highest BCUT2D eigenvalue weighted by Gasteiger charge is 2.96. The summed E-state index contributed by atoms with van der Waals surface area (Å²) in [4.78, 5) is 11.0. The van der Waals surface area contributed by atoms with Gasteiger partial charge >= 0.3 is 52.9 Å². The molecule has 0 aliphatic heterocycles. The Hall–Kier alpha value is -1.98. The van der Waals surface area contributed by atoms with Crippen molar-refractivity contribution in [2.24, 2.45) is 0 Å². The van der Waals surface area contributed by atoms with Crippen LogP contribution in [-0.4, -0.2) is 145 Å². The van der Waals surface area contributed by atoms with Gasteiger partial charge in [0.2, 0.25) is 0 Å². The van der Waals surface area contributed by atoms with Gasteiger partial charge in [-0.15, -0.1) is 0 Å². The molecular formula is C18H22F17N2O8S2+. The molecule has 0 bridgehead atoms. The normalized spacial score (nSPS) is 16.5. The van der Waals surface area contributed by atoms with Gasteiger partial charge in [0.1, 0.15) is 24.9 Å². The standard InChI is InChI=1S/C18H21F17N2O8S2/c1-37(2,7-9(38)8-46(41,42)43)5-3-4-36(6-10(39)40)47(44,45)18(34,35)16(29,30)14(25,26)12(21,22)11(19,20)13(23,24)15(27,28)17(31,32)33/h9,38H,3-8H2,1-2H3,(H-,39,40,41,42,43)/p+1. The summed E-state index contributed by atoms with van der Waals surface area (Å²) >= 11 is 0. The van der Waals surface area contributed by atoms with Crippen LogP contribution in [0.4, 0.5) is 74.6 Å². The number of carboxylic acid groups (broad SMARTS) is 1. The zero-order chi connectivity index (χ0) is 38.5. The minimum absolute atomic E-state index is 0.701. The molecule has 0 aromatic heterocycles. The Labute approximate surface area is 252 Å². The summed E-state index contributed by atoms with van der Waals surface area (Å²) in [6.45, 7) is -5.64. The van der Waals surface area contributed by atoms with E-state index in [9.17, 15) is 101 Å². The SMILES string of the molecule is C[N+](C)(CCCN(CC(=O)O)S(=O)(=O)C(F)(F)C(F)(F)C(F)(F)C(F)(F)C(F)(F)C(F)(F)C(F)(F)C(F)(F)F)CC(O)CS(=O)(=O)O. The molecule has 1 atom stereocenters. The van der Waals surface area contributed by atoms with Crippen molar-refractivity contribution in [1.29, 1.82) is 0 Å². The van der Waals surface area contributed by atoms with Gasteiger partial charge in [0.05, 0.1) is 20.6 Å². The van der Waals surface area contributed by atoms with Gasteiger partial charge in [0.25, 0.3) is 20.1 Å². The minimum Gasteiger partial charge on any atom is -0.480 e. The third-order valence-electron chi connectivity index (χ3n) is 5.95. The lowest BCUT2D eigenvalue weighted by Crippen LogP contribution is -2.75. The summed E-state index contributed by atoms with van der Waals surface area (Å²) in [5.41, 5.74) is 0. The molecular weight excluding hydrogens is 759 g/mol. The number of likely N-dealkylation sites (N-methyl/N-ethyl adjacent to an activating group) is 1. The highest BCUT2D eigenvalue weighted by atomic mass is 32.2. The molecule has 47 heavy (non-hydrogen) atoms. The van der Waals surface area contributed by atoms with Gasteiger partial charge in [-0.3, -0.25) is 9.35 Å². The quantitative estimate of drug-likeness (QED) is 0.109. The van der Waals surface area contributed by atoms with Crippen molar-refractivity contribution in [3.8, 4) is 0 Å². The number of quaternary nitrogens is 1. The van der Waals surface area contributed by atoms with Gasteiger partial charge in [-0.2, -0.15) is 87.4 Å². The minimum atomic E-state index is -9.05. The number of nitrogens with zero attached hydrogens (tertiary/aromatic N) is 2. The van der Waals surface area contributed by atoms with E-state index in [0.29, 0.717) is 0 Å². The number of hydrogen-bond donors (Lipinski definition) is 3. The first kappa shape index (κ1) is 45.0. The number of rotatable bonds is 18. The highest BCUT2D eigenvalue weighted by molar-refractivity contribution is 7.90. The Morgan fingerprint density at radius 3 is 1.40 bits per heavy atom. The maximum atomic E-state index is 14.5. The smallest absolute Gasteiger partial charge is 0.460 e. The zero-order valence-corrected chi connectivity index (χ0v) is 24.5. The van der Waals surface area contributed by atoms with Crippen molar-refractivity contribution in [2.75, 3.05) is 46.0 Å². The summed E-state index contributed by atoms with van der Waals surface area (Å²) in [5.74, 6) is -56.7. The van der Waals surface area contributed by atoms with E-state index in [2.05, 4.69) is 0 Å². The number of aliphatic carboxylic acids is 1. The van der Waals surface area contributed by atoms with Crippen LogP contribution >= 0.6 is 0 Å². The number of halogens is 17. The number of aliphatic hydroxyl groups excluding tert-OH is 1. The fourth-order valence-electron chi connectivity index (χ4n) is 3.54. The van der Waals surface area contributed by atoms with E-state index in [4.69, 9.17) is 9.66 Å². The van der Waals surface area contributed by atoms with Crippen molar-refractivity contribution in [3.63, 3.8) is 0 Å². The lowest BCUT2D eigenvalue weighted by molar-refractivity contribution is -0.893. The van der Waals surface area contributed by atoms with Crippen molar-refractivity contribution < 1.29 is 116 Å². The van der Waals surface area contributed by atoms with E-state index < -0.39 is 126 Å². The Bertz CT molecular complexity index is 1350. The van der Waals surface area contributed by atoms with Crippen LogP contribution in [0.15, 0.2) is 0 Å². The van der Waals surface area contributed by atoms with Crippen LogP contribution < -0.4 is 0 Å². The Morgan fingerprint density at radius 2 is 1.06 bits per heavy atom. The second-order valence-electron chi connectivity index (χ2n) is 10.3. The fourth-order valence-corrected chi connectivity index (χ4v) is 5.56. The number of carboxylic acids is 1. The van der Waals surface area contributed by atoms with Gasteiger partial charge in [-0.1, -0.05) is 0 Å². The summed E-state index contributed by atoms with van der Waals surface area (Å²) in [6.07, 6.45) is -10.9. The predicted octanol–water partition coefficient (Wildman–Crippen LogP) is 3.38. The topological polar surface area (TPSA) is 149 Å². The first-order valence-electron chi connectivity index (χ1n) is 11.5. The van der Waals surface area contributed by atoms with Gasteiger partial charge < -0.3 is 14.7 Å². The molecule has 0 saturated carbocycles. The average molecular weight is 781 g/mol. The van der Waals surface area contributed by atoms with Crippen molar-refractivity contribution in [3.05, 3.63) is 0 Å². The van der Waals surface area contributed by atoms with E-state index in [1.165, 1.54) is 0 Å². The van der Waals surface area contributed by atoms with E-state index in [1.807, 2.05) is 0 Å². The Kier molecular flexibility index (Phi) is 12.5. The van der Waals surface area contributed by atoms with Gasteiger partial charge in [0.15, 0.2) is 0 Å². The van der Waals surface area contributed by atoms with Crippen LogP contribution in [0.5, 0.6) is 0 Å². The summed E-state index contributed by atoms with van der Waals surface area (Å²) in [7, 11) is -10.6. The Morgan fingerprint density at radius 1 is 0.702 bits per heavy atom. The van der Waals surface area contributed by atoms with E-state index in [-0.39, 0.29) is 0 Å². The first-order valence-corrected chi connectivity index (χ1v) is 14.6. The molecule has 0 aromatic rings. The number of aliphatic hydroxyl groups is 1. The second kappa shape index (κ2) is 13.0. The lowest BCUT2D eigenvalue weighted by atomic mass is 9.91. The van der Waals surface area contributed by atoms with Crippen LogP contribution in [-0.2, 0) is 24.9 Å². The zero-order valence-electron chi connectivity index (χ0n) is 22.8. The van der Waals surface area contributed by atoms with Crippen molar-refractivity contribution in [1.82, 2.24) is 4.31 Å². The average Bonchev–Trinajstić information content (AvgIpc) is 2.79. The first-order chi connectivity index (χ1) is 20.1. The Balaban J connectivity index is 6.75. The van der Waals surface area contributed by atoms with Gasteiger partial charge in [0, 0.05) is 13.0 Å². The molecule has 3 N–H and O–H groups in total. The molecule has 0 radical (unpaired) electrons. The number of carbonyl (C=O) groups is 1. The van der Waals surface area contributed by atoms with Crippen LogP contribution in [0.2, 0.25) is 0 Å². The molecule has 0 saturated heterocycles. The van der Waals surface area contributed by atoms with E-state index in [1.54, 1.807) is 0 Å². The largest absolute Gasteiger partial charge is 0.480 e. The number of alkyl halides is 17. The molecule has 29 heteroatoms. The third kappa shape index (κ3) is 8.26. The molecule has 1 unspecified atom stereocenters. The predicted molar refractivity (Wildman–Crippen MR) is 118 cm³/mol. The molecule has 0 aromatic carbocycles. The van der Waals surface area contributed by atoms with Gasteiger partial charge in [-0.25, -0.2) is 8.42 Å². The molecule has 0 amide bonds. The monoisotopic (exact) mass is 781 g/mol. The van der Waals surface area contributed by atoms with Gasteiger partial charge in [-0.05, 0) is 0 Å². The summed E-state index contributed by atoms with van der Waals surface area (Å²) in [5, 5.41) is 10.5. The van der Waals surface area contributed by atoms with Crippen LogP contribution in [0.3, 0.4) is 0 Å².